The molecule has 118 valence electrons. The van der Waals surface area contributed by atoms with E-state index in [1.807, 2.05) is 7.05 Å². The lowest BCUT2D eigenvalue weighted by Gasteiger charge is -2.23. The van der Waals surface area contributed by atoms with Gasteiger partial charge >= 0.3 is 0 Å². The SMILES string of the molecule is Cn1cc(C(C)(O)CNC(=O)CC2CCCCCC2)cn1. The normalized spacial score (nSPS) is 19.8. The molecule has 0 radical (unpaired) electrons. The van der Waals surface area contributed by atoms with Crippen molar-refractivity contribution in [1.82, 2.24) is 15.1 Å². The monoisotopic (exact) mass is 293 g/mol. The molecule has 2 N–H and O–H groups in total. The van der Waals surface area contributed by atoms with Gasteiger partial charge in [-0.05, 0) is 25.7 Å². The number of rotatable bonds is 5. The van der Waals surface area contributed by atoms with Crippen LogP contribution in [0.3, 0.4) is 0 Å². The molecule has 0 aromatic carbocycles. The van der Waals surface area contributed by atoms with E-state index in [4.69, 9.17) is 0 Å². The lowest BCUT2D eigenvalue weighted by atomic mass is 9.95. The quantitative estimate of drug-likeness (QED) is 0.817. The minimum atomic E-state index is -1.08. The van der Waals surface area contributed by atoms with Crippen LogP contribution in [-0.4, -0.2) is 27.3 Å². The van der Waals surface area contributed by atoms with Crippen molar-refractivity contribution in [2.45, 2.75) is 57.5 Å². The summed E-state index contributed by atoms with van der Waals surface area (Å²) in [5.41, 5.74) is -0.354. The zero-order valence-corrected chi connectivity index (χ0v) is 13.1. The van der Waals surface area contributed by atoms with Gasteiger partial charge in [-0.1, -0.05) is 25.7 Å². The van der Waals surface area contributed by atoms with E-state index in [1.54, 1.807) is 24.0 Å². The van der Waals surface area contributed by atoms with Crippen molar-refractivity contribution in [3.05, 3.63) is 18.0 Å². The topological polar surface area (TPSA) is 67.2 Å². The minimum absolute atomic E-state index is 0.0473. The van der Waals surface area contributed by atoms with Gasteiger partial charge in [0.2, 0.25) is 5.91 Å². The fourth-order valence-corrected chi connectivity index (χ4v) is 2.97. The molecule has 0 spiro atoms. The van der Waals surface area contributed by atoms with Gasteiger partial charge in [-0.25, -0.2) is 0 Å². The number of hydrogen-bond donors (Lipinski definition) is 2. The minimum Gasteiger partial charge on any atom is -0.383 e. The van der Waals surface area contributed by atoms with E-state index in [2.05, 4.69) is 10.4 Å². The van der Waals surface area contributed by atoms with Gasteiger partial charge in [-0.15, -0.1) is 0 Å². The van der Waals surface area contributed by atoms with Crippen LogP contribution in [0.1, 0.15) is 57.4 Å². The Kier molecular flexibility index (Phi) is 5.39. The van der Waals surface area contributed by atoms with E-state index in [9.17, 15) is 9.90 Å². The van der Waals surface area contributed by atoms with E-state index in [0.29, 0.717) is 12.3 Å². The second-order valence-corrected chi connectivity index (χ2v) is 6.51. The summed E-state index contributed by atoms with van der Waals surface area (Å²) in [6.45, 7) is 1.93. The summed E-state index contributed by atoms with van der Waals surface area (Å²) in [5.74, 6) is 0.557. The molecule has 1 aromatic heterocycles. The molecule has 1 unspecified atom stereocenters. The molecular weight excluding hydrogens is 266 g/mol. The van der Waals surface area contributed by atoms with Gasteiger partial charge in [-0.3, -0.25) is 9.48 Å². The average molecular weight is 293 g/mol. The predicted molar refractivity (Wildman–Crippen MR) is 81.6 cm³/mol. The van der Waals surface area contributed by atoms with Crippen LogP contribution in [0.2, 0.25) is 0 Å². The number of nitrogens with one attached hydrogen (secondary N) is 1. The fraction of sp³-hybridized carbons (Fsp3) is 0.750. The number of aromatic nitrogens is 2. The molecule has 1 aliphatic carbocycles. The lowest BCUT2D eigenvalue weighted by molar-refractivity contribution is -0.123. The smallest absolute Gasteiger partial charge is 0.220 e. The summed E-state index contributed by atoms with van der Waals surface area (Å²) in [4.78, 5) is 12.1. The number of hydrogen-bond acceptors (Lipinski definition) is 3. The maximum Gasteiger partial charge on any atom is 0.220 e. The highest BCUT2D eigenvalue weighted by Gasteiger charge is 2.26. The van der Waals surface area contributed by atoms with Crippen LogP contribution in [-0.2, 0) is 17.4 Å². The standard InChI is InChI=1S/C16H27N3O2/c1-16(21,14-10-18-19(2)11-14)12-17-15(20)9-13-7-5-3-4-6-8-13/h10-11,13,21H,3-9,12H2,1-2H3,(H,17,20). The summed E-state index contributed by atoms with van der Waals surface area (Å²) in [7, 11) is 1.81. The molecule has 2 rings (SSSR count). The van der Waals surface area contributed by atoms with Gasteiger partial charge in [-0.2, -0.15) is 5.10 Å². The Morgan fingerprint density at radius 2 is 2.10 bits per heavy atom. The van der Waals surface area contributed by atoms with Gasteiger partial charge in [0, 0.05) is 25.2 Å². The largest absolute Gasteiger partial charge is 0.383 e. The summed E-state index contributed by atoms with van der Waals surface area (Å²) in [6.07, 6.45) is 11.4. The first-order valence-corrected chi connectivity index (χ1v) is 7.95. The molecule has 5 nitrogen and oxygen atoms in total. The van der Waals surface area contributed by atoms with Crippen LogP contribution in [0.4, 0.5) is 0 Å². The third kappa shape index (κ3) is 4.84. The first kappa shape index (κ1) is 16.0. The second kappa shape index (κ2) is 7.07. The summed E-state index contributed by atoms with van der Waals surface area (Å²) < 4.78 is 1.65. The van der Waals surface area contributed by atoms with Crippen LogP contribution in [0.15, 0.2) is 12.4 Å². The molecule has 1 aliphatic rings. The van der Waals surface area contributed by atoms with E-state index in [-0.39, 0.29) is 12.5 Å². The number of amides is 1. The van der Waals surface area contributed by atoms with Gasteiger partial charge in [0.1, 0.15) is 5.60 Å². The molecule has 5 heteroatoms. The van der Waals surface area contributed by atoms with E-state index in [0.717, 1.165) is 18.4 Å². The Bertz CT molecular complexity index is 460. The molecule has 1 fully saturated rings. The molecule has 1 aromatic rings. The highest BCUT2D eigenvalue weighted by atomic mass is 16.3. The van der Waals surface area contributed by atoms with Gasteiger partial charge in [0.05, 0.1) is 12.7 Å². The Balaban J connectivity index is 1.80. The highest BCUT2D eigenvalue weighted by molar-refractivity contribution is 5.76. The van der Waals surface area contributed by atoms with Crippen molar-refractivity contribution in [2.24, 2.45) is 13.0 Å². The Labute approximate surface area is 126 Å². The Hall–Kier alpha value is -1.36. The van der Waals surface area contributed by atoms with E-state index < -0.39 is 5.60 Å². The average Bonchev–Trinajstić information content (AvgIpc) is 2.72. The Morgan fingerprint density at radius 1 is 1.43 bits per heavy atom. The molecule has 1 atom stereocenters. The van der Waals surface area contributed by atoms with Crippen molar-refractivity contribution in [2.75, 3.05) is 6.54 Å². The van der Waals surface area contributed by atoms with Gasteiger partial charge < -0.3 is 10.4 Å². The second-order valence-electron chi connectivity index (χ2n) is 6.51. The van der Waals surface area contributed by atoms with Crippen LogP contribution < -0.4 is 5.32 Å². The molecule has 1 amide bonds. The Morgan fingerprint density at radius 3 is 2.67 bits per heavy atom. The van der Waals surface area contributed by atoms with Crippen LogP contribution >= 0.6 is 0 Å². The fourth-order valence-electron chi connectivity index (χ4n) is 2.97. The molecular formula is C16H27N3O2. The summed E-state index contributed by atoms with van der Waals surface area (Å²) >= 11 is 0. The van der Waals surface area contributed by atoms with Crippen LogP contribution in [0.5, 0.6) is 0 Å². The first-order chi connectivity index (χ1) is 9.97. The third-order valence-electron chi connectivity index (χ3n) is 4.41. The molecule has 0 saturated heterocycles. The maximum atomic E-state index is 12.1. The molecule has 1 heterocycles. The molecule has 0 bridgehead atoms. The number of carbonyl (C=O) groups excluding carboxylic acids is 1. The lowest BCUT2D eigenvalue weighted by Crippen LogP contribution is -2.39. The zero-order chi connectivity index (χ0) is 15.3. The molecule has 21 heavy (non-hydrogen) atoms. The number of carbonyl (C=O) groups is 1. The number of aryl methyl sites for hydroxylation is 1. The molecule has 0 aliphatic heterocycles. The van der Waals surface area contributed by atoms with E-state index in [1.165, 1.54) is 25.7 Å². The van der Waals surface area contributed by atoms with E-state index >= 15 is 0 Å². The maximum absolute atomic E-state index is 12.1. The van der Waals surface area contributed by atoms with Crippen molar-refractivity contribution < 1.29 is 9.90 Å². The summed E-state index contributed by atoms with van der Waals surface area (Å²) in [6, 6.07) is 0. The highest BCUT2D eigenvalue weighted by Crippen LogP contribution is 2.25. The summed E-state index contributed by atoms with van der Waals surface area (Å²) in [5, 5.41) is 17.4. The van der Waals surface area contributed by atoms with Gasteiger partial charge in [0.25, 0.3) is 0 Å². The van der Waals surface area contributed by atoms with Crippen LogP contribution in [0.25, 0.3) is 0 Å². The van der Waals surface area contributed by atoms with Crippen LogP contribution in [0, 0.1) is 5.92 Å². The van der Waals surface area contributed by atoms with Crippen molar-refractivity contribution in [3.8, 4) is 0 Å². The van der Waals surface area contributed by atoms with Gasteiger partial charge in [0.15, 0.2) is 0 Å². The zero-order valence-electron chi connectivity index (χ0n) is 13.1. The van der Waals surface area contributed by atoms with Crippen molar-refractivity contribution in [3.63, 3.8) is 0 Å². The number of aliphatic hydroxyl groups is 1. The third-order valence-corrected chi connectivity index (χ3v) is 4.41. The predicted octanol–water partition coefficient (Wildman–Crippen LogP) is 2.10. The number of nitrogens with zero attached hydrogens (tertiary/aromatic N) is 2. The van der Waals surface area contributed by atoms with Crippen molar-refractivity contribution in [1.29, 1.82) is 0 Å². The first-order valence-electron chi connectivity index (χ1n) is 7.95. The van der Waals surface area contributed by atoms with Crippen molar-refractivity contribution >= 4 is 5.91 Å². The molecule has 1 saturated carbocycles.